The number of rotatable bonds is 3. The zero-order valence-electron chi connectivity index (χ0n) is 11.8. The van der Waals surface area contributed by atoms with Gasteiger partial charge in [-0.2, -0.15) is 0 Å². The number of carbonyl (C=O) groups is 1. The molecular weight excluding hydrogens is 270 g/mol. The van der Waals surface area contributed by atoms with Gasteiger partial charge in [-0.25, -0.2) is 4.79 Å². The summed E-state index contributed by atoms with van der Waals surface area (Å²) in [7, 11) is 1.35. The van der Waals surface area contributed by atoms with E-state index in [1.165, 1.54) is 23.1 Å². The van der Waals surface area contributed by atoms with Crippen molar-refractivity contribution in [1.29, 1.82) is 0 Å². The van der Waals surface area contributed by atoms with E-state index in [9.17, 15) is 4.79 Å². The van der Waals surface area contributed by atoms with Gasteiger partial charge < -0.3 is 10.5 Å². The van der Waals surface area contributed by atoms with E-state index in [1.807, 2.05) is 6.07 Å². The number of nitrogens with two attached hydrogens (primary N) is 1. The van der Waals surface area contributed by atoms with Crippen LogP contribution in [0.3, 0.4) is 0 Å². The van der Waals surface area contributed by atoms with Crippen LogP contribution in [-0.2, 0) is 4.74 Å². The SMILES string of the molecule is COC(=O)c1cc(Sc2cc(C)ccc2C)ccc1N. The second-order valence-corrected chi connectivity index (χ2v) is 5.73. The molecule has 0 aliphatic rings. The van der Waals surface area contributed by atoms with Crippen molar-refractivity contribution in [3.63, 3.8) is 0 Å². The molecule has 0 aliphatic heterocycles. The van der Waals surface area contributed by atoms with Gasteiger partial charge in [0.2, 0.25) is 0 Å². The van der Waals surface area contributed by atoms with Crippen LogP contribution in [0.1, 0.15) is 21.5 Å². The highest BCUT2D eigenvalue weighted by atomic mass is 32.2. The predicted octanol–water partition coefficient (Wildman–Crippen LogP) is 3.82. The topological polar surface area (TPSA) is 52.3 Å². The number of nitrogen functional groups attached to an aromatic ring is 1. The molecule has 0 saturated carbocycles. The summed E-state index contributed by atoms with van der Waals surface area (Å²) in [6, 6.07) is 11.7. The lowest BCUT2D eigenvalue weighted by atomic mass is 10.2. The van der Waals surface area contributed by atoms with Crippen LogP contribution in [0.25, 0.3) is 0 Å². The van der Waals surface area contributed by atoms with E-state index in [2.05, 4.69) is 32.0 Å². The number of ether oxygens (including phenoxy) is 1. The lowest BCUT2D eigenvalue weighted by Gasteiger charge is -2.09. The fourth-order valence-electron chi connectivity index (χ4n) is 1.83. The number of esters is 1. The molecule has 104 valence electrons. The molecule has 0 spiro atoms. The number of benzene rings is 2. The maximum Gasteiger partial charge on any atom is 0.339 e. The fraction of sp³-hybridized carbons (Fsp3) is 0.188. The van der Waals surface area contributed by atoms with E-state index in [1.54, 1.807) is 23.9 Å². The molecule has 0 aliphatic carbocycles. The Bertz CT molecular complexity index is 653. The van der Waals surface area contributed by atoms with Gasteiger partial charge in [-0.1, -0.05) is 23.9 Å². The predicted molar refractivity (Wildman–Crippen MR) is 82.2 cm³/mol. The summed E-state index contributed by atoms with van der Waals surface area (Å²) in [4.78, 5) is 13.8. The number of carbonyl (C=O) groups excluding carboxylic acids is 1. The van der Waals surface area contributed by atoms with Crippen molar-refractivity contribution in [1.82, 2.24) is 0 Å². The largest absolute Gasteiger partial charge is 0.465 e. The van der Waals surface area contributed by atoms with Crippen LogP contribution in [0.4, 0.5) is 5.69 Å². The van der Waals surface area contributed by atoms with Crippen molar-refractivity contribution in [3.8, 4) is 0 Å². The van der Waals surface area contributed by atoms with Crippen LogP contribution in [0.15, 0.2) is 46.2 Å². The Balaban J connectivity index is 2.34. The van der Waals surface area contributed by atoms with Gasteiger partial charge in [-0.15, -0.1) is 0 Å². The third kappa shape index (κ3) is 3.14. The van der Waals surface area contributed by atoms with Gasteiger partial charge in [-0.05, 0) is 49.2 Å². The fourth-order valence-corrected chi connectivity index (χ4v) is 2.87. The number of hydrogen-bond acceptors (Lipinski definition) is 4. The summed E-state index contributed by atoms with van der Waals surface area (Å²) in [6.07, 6.45) is 0. The van der Waals surface area contributed by atoms with Crippen molar-refractivity contribution in [2.24, 2.45) is 0 Å². The van der Waals surface area contributed by atoms with Crippen LogP contribution in [0.5, 0.6) is 0 Å². The molecule has 2 aromatic rings. The molecule has 0 bridgehead atoms. The quantitative estimate of drug-likeness (QED) is 0.688. The molecule has 0 aromatic heterocycles. The normalized spacial score (nSPS) is 10.3. The van der Waals surface area contributed by atoms with Crippen LogP contribution >= 0.6 is 11.8 Å². The Morgan fingerprint density at radius 3 is 2.60 bits per heavy atom. The molecule has 3 nitrogen and oxygen atoms in total. The maximum atomic E-state index is 11.6. The van der Waals surface area contributed by atoms with Crippen LogP contribution in [0, 0.1) is 13.8 Å². The Morgan fingerprint density at radius 2 is 1.90 bits per heavy atom. The van der Waals surface area contributed by atoms with Gasteiger partial charge in [0.05, 0.1) is 12.7 Å². The van der Waals surface area contributed by atoms with Gasteiger partial charge in [0, 0.05) is 15.5 Å². The molecule has 0 fully saturated rings. The molecule has 2 aromatic carbocycles. The molecule has 0 unspecified atom stereocenters. The van der Waals surface area contributed by atoms with Gasteiger partial charge in [0.25, 0.3) is 0 Å². The van der Waals surface area contributed by atoms with Crippen molar-refractivity contribution >= 4 is 23.4 Å². The maximum absolute atomic E-state index is 11.6. The summed E-state index contributed by atoms with van der Waals surface area (Å²) in [6.45, 7) is 4.13. The first-order valence-corrected chi connectivity index (χ1v) is 7.06. The van der Waals surface area contributed by atoms with Gasteiger partial charge in [0.1, 0.15) is 0 Å². The van der Waals surface area contributed by atoms with E-state index in [4.69, 9.17) is 10.5 Å². The van der Waals surface area contributed by atoms with E-state index in [0.717, 1.165) is 4.90 Å². The Morgan fingerprint density at radius 1 is 1.15 bits per heavy atom. The molecule has 4 heteroatoms. The monoisotopic (exact) mass is 287 g/mol. The standard InChI is InChI=1S/C16H17NO2S/c1-10-4-5-11(2)15(8-10)20-12-6-7-14(17)13(9-12)16(18)19-3/h4-9H,17H2,1-3H3. The average Bonchev–Trinajstić information content (AvgIpc) is 2.44. The van der Waals surface area contributed by atoms with Crippen LogP contribution < -0.4 is 5.73 Å². The number of hydrogen-bond donors (Lipinski definition) is 1. The van der Waals surface area contributed by atoms with E-state index < -0.39 is 5.97 Å². The third-order valence-corrected chi connectivity index (χ3v) is 4.15. The summed E-state index contributed by atoms with van der Waals surface area (Å²) in [5, 5.41) is 0. The summed E-state index contributed by atoms with van der Waals surface area (Å²) in [5.74, 6) is -0.411. The number of methoxy groups -OCH3 is 1. The first-order valence-electron chi connectivity index (χ1n) is 6.24. The highest BCUT2D eigenvalue weighted by Gasteiger charge is 2.11. The summed E-state index contributed by atoms with van der Waals surface area (Å²) < 4.78 is 4.74. The van der Waals surface area contributed by atoms with Crippen molar-refractivity contribution in [2.75, 3.05) is 12.8 Å². The molecule has 0 saturated heterocycles. The molecule has 0 heterocycles. The molecule has 0 atom stereocenters. The molecule has 20 heavy (non-hydrogen) atoms. The summed E-state index contributed by atoms with van der Waals surface area (Å²) >= 11 is 1.62. The third-order valence-electron chi connectivity index (χ3n) is 3.00. The molecule has 0 amide bonds. The second-order valence-electron chi connectivity index (χ2n) is 4.61. The highest BCUT2D eigenvalue weighted by molar-refractivity contribution is 7.99. The minimum atomic E-state index is -0.411. The van der Waals surface area contributed by atoms with E-state index in [-0.39, 0.29) is 0 Å². The van der Waals surface area contributed by atoms with Crippen LogP contribution in [-0.4, -0.2) is 13.1 Å². The molecule has 2 N–H and O–H groups in total. The van der Waals surface area contributed by atoms with Crippen LogP contribution in [0.2, 0.25) is 0 Å². The zero-order chi connectivity index (χ0) is 14.7. The molecular formula is C16H17NO2S. The van der Waals surface area contributed by atoms with Crippen molar-refractivity contribution < 1.29 is 9.53 Å². The lowest BCUT2D eigenvalue weighted by Crippen LogP contribution is -2.05. The van der Waals surface area contributed by atoms with Crippen molar-refractivity contribution in [3.05, 3.63) is 53.1 Å². The van der Waals surface area contributed by atoms with Gasteiger partial charge in [0.15, 0.2) is 0 Å². The Labute approximate surface area is 123 Å². The minimum absolute atomic E-state index is 0.405. The lowest BCUT2D eigenvalue weighted by molar-refractivity contribution is 0.0601. The summed E-state index contributed by atoms with van der Waals surface area (Å²) in [5.41, 5.74) is 9.06. The number of aryl methyl sites for hydroxylation is 2. The van der Waals surface area contributed by atoms with E-state index in [0.29, 0.717) is 11.3 Å². The average molecular weight is 287 g/mol. The number of anilines is 1. The highest BCUT2D eigenvalue weighted by Crippen LogP contribution is 2.32. The molecule has 0 radical (unpaired) electrons. The van der Waals surface area contributed by atoms with Crippen molar-refractivity contribution in [2.45, 2.75) is 23.6 Å². The Kier molecular flexibility index (Phi) is 4.35. The Hall–Kier alpha value is -1.94. The van der Waals surface area contributed by atoms with Gasteiger partial charge >= 0.3 is 5.97 Å². The smallest absolute Gasteiger partial charge is 0.339 e. The zero-order valence-corrected chi connectivity index (χ0v) is 12.6. The second kappa shape index (κ2) is 6.01. The molecule has 2 rings (SSSR count). The van der Waals surface area contributed by atoms with Gasteiger partial charge in [-0.3, -0.25) is 0 Å². The van der Waals surface area contributed by atoms with E-state index >= 15 is 0 Å². The minimum Gasteiger partial charge on any atom is -0.465 e. The first-order chi connectivity index (χ1) is 9.51. The first kappa shape index (κ1) is 14.5.